The molecule has 3 rings (SSSR count). The van der Waals surface area contributed by atoms with Gasteiger partial charge in [-0.05, 0) is 38.5 Å². The number of pyridine rings is 1. The zero-order valence-corrected chi connectivity index (χ0v) is 14.4. The molecule has 0 aliphatic rings. The molecule has 116 valence electrons. The SMILES string of the molecule is Cc1cc(C(C)(C)C)n(-c2cc(C)c3c(C)nn(C)c3n2)n1. The van der Waals surface area contributed by atoms with E-state index in [4.69, 9.17) is 4.98 Å². The van der Waals surface area contributed by atoms with Crippen molar-refractivity contribution in [3.8, 4) is 5.82 Å². The summed E-state index contributed by atoms with van der Waals surface area (Å²) in [6, 6.07) is 4.23. The molecule has 0 aromatic carbocycles. The van der Waals surface area contributed by atoms with E-state index in [1.54, 1.807) is 0 Å². The molecule has 5 nitrogen and oxygen atoms in total. The van der Waals surface area contributed by atoms with E-state index in [0.717, 1.165) is 33.9 Å². The summed E-state index contributed by atoms with van der Waals surface area (Å²) in [6.07, 6.45) is 0. The number of aromatic nitrogens is 5. The Morgan fingerprint density at radius 2 is 1.68 bits per heavy atom. The van der Waals surface area contributed by atoms with Gasteiger partial charge in [0.05, 0.1) is 17.1 Å². The van der Waals surface area contributed by atoms with Gasteiger partial charge in [-0.1, -0.05) is 20.8 Å². The molecular formula is C17H23N5. The second-order valence-corrected chi connectivity index (χ2v) is 7.04. The van der Waals surface area contributed by atoms with Gasteiger partial charge in [-0.25, -0.2) is 9.67 Å². The minimum absolute atomic E-state index is 0.00811. The summed E-state index contributed by atoms with van der Waals surface area (Å²) in [4.78, 5) is 4.82. The van der Waals surface area contributed by atoms with Gasteiger partial charge in [-0.3, -0.25) is 4.68 Å². The highest BCUT2D eigenvalue weighted by atomic mass is 15.3. The van der Waals surface area contributed by atoms with E-state index in [0.29, 0.717) is 0 Å². The van der Waals surface area contributed by atoms with Crippen molar-refractivity contribution in [2.45, 2.75) is 47.0 Å². The van der Waals surface area contributed by atoms with Crippen LogP contribution in [0.3, 0.4) is 0 Å². The van der Waals surface area contributed by atoms with Crippen LogP contribution in [0.25, 0.3) is 16.9 Å². The number of aryl methyl sites for hydroxylation is 4. The van der Waals surface area contributed by atoms with E-state index in [-0.39, 0.29) is 5.41 Å². The van der Waals surface area contributed by atoms with Crippen LogP contribution in [0.5, 0.6) is 0 Å². The molecule has 0 radical (unpaired) electrons. The Balaban J connectivity index is 2.30. The first-order valence-electron chi connectivity index (χ1n) is 7.57. The molecule has 0 N–H and O–H groups in total. The Morgan fingerprint density at radius 3 is 2.32 bits per heavy atom. The number of rotatable bonds is 1. The molecule has 0 spiro atoms. The second-order valence-electron chi connectivity index (χ2n) is 7.04. The first kappa shape index (κ1) is 14.8. The van der Waals surface area contributed by atoms with Crippen LogP contribution in [0.4, 0.5) is 0 Å². The molecule has 0 fully saturated rings. The van der Waals surface area contributed by atoms with E-state index in [2.05, 4.69) is 50.0 Å². The third kappa shape index (κ3) is 2.21. The monoisotopic (exact) mass is 297 g/mol. The van der Waals surface area contributed by atoms with Crippen LogP contribution in [0, 0.1) is 20.8 Å². The van der Waals surface area contributed by atoms with Crippen molar-refractivity contribution < 1.29 is 0 Å². The lowest BCUT2D eigenvalue weighted by Crippen LogP contribution is -2.18. The molecular weight excluding hydrogens is 274 g/mol. The quantitative estimate of drug-likeness (QED) is 0.692. The van der Waals surface area contributed by atoms with E-state index < -0.39 is 0 Å². The zero-order valence-electron chi connectivity index (χ0n) is 14.4. The Bertz CT molecular complexity index is 861. The zero-order chi connectivity index (χ0) is 16.2. The molecule has 0 amide bonds. The maximum Gasteiger partial charge on any atom is 0.160 e. The normalized spacial score (nSPS) is 12.3. The lowest BCUT2D eigenvalue weighted by atomic mass is 9.92. The predicted molar refractivity (Wildman–Crippen MR) is 88.5 cm³/mol. The molecule has 0 atom stereocenters. The molecule has 3 aromatic heterocycles. The molecule has 22 heavy (non-hydrogen) atoms. The third-order valence-corrected chi connectivity index (χ3v) is 3.97. The van der Waals surface area contributed by atoms with Gasteiger partial charge in [0.25, 0.3) is 0 Å². The number of nitrogens with zero attached hydrogens (tertiary/aromatic N) is 5. The summed E-state index contributed by atoms with van der Waals surface area (Å²) >= 11 is 0. The van der Waals surface area contributed by atoms with Crippen molar-refractivity contribution in [3.63, 3.8) is 0 Å². The average Bonchev–Trinajstić information content (AvgIpc) is 2.91. The topological polar surface area (TPSA) is 48.5 Å². The number of hydrogen-bond donors (Lipinski definition) is 0. The standard InChI is InChI=1S/C17H23N5/c1-10-8-14(18-16-15(10)12(3)20-21(16)7)22-13(17(4,5)6)9-11(2)19-22/h8-9H,1-7H3. The summed E-state index contributed by atoms with van der Waals surface area (Å²) in [6.45, 7) is 12.7. The molecule has 0 saturated carbocycles. The van der Waals surface area contributed by atoms with Crippen molar-refractivity contribution in [3.05, 3.63) is 34.8 Å². The lowest BCUT2D eigenvalue weighted by Gasteiger charge is -2.20. The Morgan fingerprint density at radius 1 is 1.00 bits per heavy atom. The van der Waals surface area contributed by atoms with Gasteiger partial charge in [-0.15, -0.1) is 0 Å². The summed E-state index contributed by atoms with van der Waals surface area (Å²) in [5.41, 5.74) is 5.27. The Kier molecular flexibility index (Phi) is 3.13. The third-order valence-electron chi connectivity index (χ3n) is 3.97. The van der Waals surface area contributed by atoms with Crippen LogP contribution in [-0.2, 0) is 12.5 Å². The average molecular weight is 297 g/mol. The Hall–Kier alpha value is -2.17. The van der Waals surface area contributed by atoms with Gasteiger partial charge in [0.1, 0.15) is 0 Å². The van der Waals surface area contributed by atoms with Crippen molar-refractivity contribution in [1.29, 1.82) is 0 Å². The van der Waals surface area contributed by atoms with Gasteiger partial charge in [0.2, 0.25) is 0 Å². The van der Waals surface area contributed by atoms with Crippen molar-refractivity contribution >= 4 is 11.0 Å². The molecule has 0 aliphatic carbocycles. The van der Waals surface area contributed by atoms with Crippen LogP contribution in [0.15, 0.2) is 12.1 Å². The molecule has 0 unspecified atom stereocenters. The minimum Gasteiger partial charge on any atom is -0.250 e. The summed E-state index contributed by atoms with van der Waals surface area (Å²) in [5.74, 6) is 0.853. The van der Waals surface area contributed by atoms with Gasteiger partial charge >= 0.3 is 0 Å². The van der Waals surface area contributed by atoms with Crippen LogP contribution in [-0.4, -0.2) is 24.5 Å². The van der Waals surface area contributed by atoms with E-state index in [1.807, 2.05) is 30.3 Å². The molecule has 5 heteroatoms. The summed E-state index contributed by atoms with van der Waals surface area (Å²) < 4.78 is 3.80. The largest absolute Gasteiger partial charge is 0.250 e. The van der Waals surface area contributed by atoms with Gasteiger partial charge < -0.3 is 0 Å². The fourth-order valence-corrected chi connectivity index (χ4v) is 2.96. The van der Waals surface area contributed by atoms with E-state index in [9.17, 15) is 0 Å². The van der Waals surface area contributed by atoms with E-state index in [1.165, 1.54) is 5.56 Å². The predicted octanol–water partition coefficient (Wildman–Crippen LogP) is 3.38. The van der Waals surface area contributed by atoms with Crippen LogP contribution in [0.2, 0.25) is 0 Å². The number of hydrogen-bond acceptors (Lipinski definition) is 3. The lowest BCUT2D eigenvalue weighted by molar-refractivity contribution is 0.541. The molecule has 0 bridgehead atoms. The minimum atomic E-state index is 0.00811. The van der Waals surface area contributed by atoms with Crippen LogP contribution >= 0.6 is 0 Å². The highest BCUT2D eigenvalue weighted by Crippen LogP contribution is 2.27. The van der Waals surface area contributed by atoms with Crippen molar-refractivity contribution in [2.75, 3.05) is 0 Å². The fourth-order valence-electron chi connectivity index (χ4n) is 2.96. The fraction of sp³-hybridized carbons (Fsp3) is 0.471. The highest BCUT2D eigenvalue weighted by molar-refractivity contribution is 5.82. The first-order chi connectivity index (χ1) is 10.2. The van der Waals surface area contributed by atoms with Gasteiger partial charge in [0, 0.05) is 17.8 Å². The van der Waals surface area contributed by atoms with Crippen molar-refractivity contribution in [2.24, 2.45) is 7.05 Å². The van der Waals surface area contributed by atoms with Crippen LogP contribution < -0.4 is 0 Å². The highest BCUT2D eigenvalue weighted by Gasteiger charge is 2.22. The number of fused-ring (bicyclic) bond motifs is 1. The molecule has 3 heterocycles. The van der Waals surface area contributed by atoms with Crippen molar-refractivity contribution in [1.82, 2.24) is 24.5 Å². The Labute approximate surface area is 131 Å². The molecule has 0 saturated heterocycles. The second kappa shape index (κ2) is 4.66. The van der Waals surface area contributed by atoms with Crippen LogP contribution in [0.1, 0.15) is 43.4 Å². The maximum atomic E-state index is 4.82. The summed E-state index contributed by atoms with van der Waals surface area (Å²) in [7, 11) is 1.94. The molecule has 3 aromatic rings. The van der Waals surface area contributed by atoms with E-state index >= 15 is 0 Å². The maximum absolute atomic E-state index is 4.82. The summed E-state index contributed by atoms with van der Waals surface area (Å²) in [5, 5.41) is 10.3. The first-order valence-corrected chi connectivity index (χ1v) is 7.57. The smallest absolute Gasteiger partial charge is 0.160 e. The molecule has 0 aliphatic heterocycles. The van der Waals surface area contributed by atoms with Gasteiger partial charge in [-0.2, -0.15) is 10.2 Å². The van der Waals surface area contributed by atoms with Gasteiger partial charge in [0.15, 0.2) is 11.5 Å².